The van der Waals surface area contributed by atoms with Gasteiger partial charge in [-0.25, -0.2) is 8.78 Å². The number of nitrogens with zero attached hydrogens (tertiary/aromatic N) is 1. The average Bonchev–Trinajstić information content (AvgIpc) is 2.30. The molecule has 16 heavy (non-hydrogen) atoms. The van der Waals surface area contributed by atoms with E-state index in [4.69, 9.17) is 5.26 Å². The highest BCUT2D eigenvalue weighted by Gasteiger charge is 2.13. The second-order valence-corrected chi connectivity index (χ2v) is 2.93. The number of carbonyl (C=O) groups excluding carboxylic acids is 1. The van der Waals surface area contributed by atoms with Crippen molar-refractivity contribution in [2.45, 2.75) is 0 Å². The van der Waals surface area contributed by atoms with E-state index >= 15 is 0 Å². The SMILES string of the molecule is CNC(=O)CNc1ccc(C#N)c(F)c1F. The van der Waals surface area contributed by atoms with Crippen LogP contribution in [-0.2, 0) is 4.79 Å². The Morgan fingerprint density at radius 3 is 2.69 bits per heavy atom. The van der Waals surface area contributed by atoms with Crippen LogP contribution in [0.4, 0.5) is 14.5 Å². The standard InChI is InChI=1S/C10H9F2N3O/c1-14-8(16)5-15-7-3-2-6(4-13)9(11)10(7)12/h2-3,15H,5H2,1H3,(H,14,16). The zero-order valence-electron chi connectivity index (χ0n) is 8.47. The highest BCUT2D eigenvalue weighted by atomic mass is 19.2. The quantitative estimate of drug-likeness (QED) is 0.806. The maximum absolute atomic E-state index is 13.3. The van der Waals surface area contributed by atoms with Gasteiger partial charge in [0.2, 0.25) is 5.91 Å². The Bertz CT molecular complexity index is 454. The topological polar surface area (TPSA) is 64.9 Å². The minimum Gasteiger partial charge on any atom is -0.374 e. The maximum atomic E-state index is 13.3. The number of carbonyl (C=O) groups is 1. The summed E-state index contributed by atoms with van der Waals surface area (Å²) < 4.78 is 26.4. The fourth-order valence-corrected chi connectivity index (χ4v) is 1.04. The van der Waals surface area contributed by atoms with E-state index in [-0.39, 0.29) is 23.7 Å². The van der Waals surface area contributed by atoms with Gasteiger partial charge in [-0.05, 0) is 12.1 Å². The molecule has 84 valence electrons. The maximum Gasteiger partial charge on any atom is 0.239 e. The number of hydrogen-bond donors (Lipinski definition) is 2. The molecule has 0 spiro atoms. The van der Waals surface area contributed by atoms with Crippen molar-refractivity contribution < 1.29 is 13.6 Å². The van der Waals surface area contributed by atoms with E-state index in [1.807, 2.05) is 0 Å². The van der Waals surface area contributed by atoms with Gasteiger partial charge in [-0.3, -0.25) is 4.79 Å². The summed E-state index contributed by atoms with van der Waals surface area (Å²) in [6.45, 7) is -0.168. The molecule has 0 fully saturated rings. The van der Waals surface area contributed by atoms with Gasteiger partial charge in [0.25, 0.3) is 0 Å². The van der Waals surface area contributed by atoms with Crippen LogP contribution in [0.5, 0.6) is 0 Å². The molecule has 0 aromatic heterocycles. The lowest BCUT2D eigenvalue weighted by atomic mass is 10.2. The van der Waals surface area contributed by atoms with Crippen LogP contribution in [0.15, 0.2) is 12.1 Å². The van der Waals surface area contributed by atoms with E-state index < -0.39 is 11.6 Å². The zero-order valence-corrected chi connectivity index (χ0v) is 8.47. The van der Waals surface area contributed by atoms with Crippen LogP contribution in [0.3, 0.4) is 0 Å². The molecule has 6 heteroatoms. The number of nitriles is 1. The van der Waals surface area contributed by atoms with Crippen molar-refractivity contribution in [3.63, 3.8) is 0 Å². The van der Waals surface area contributed by atoms with E-state index in [9.17, 15) is 13.6 Å². The first-order valence-electron chi connectivity index (χ1n) is 4.42. The van der Waals surface area contributed by atoms with Crippen LogP contribution in [0.1, 0.15) is 5.56 Å². The van der Waals surface area contributed by atoms with Crippen molar-refractivity contribution in [1.82, 2.24) is 5.32 Å². The predicted octanol–water partition coefficient (Wildman–Crippen LogP) is 0.994. The van der Waals surface area contributed by atoms with Crippen molar-refractivity contribution in [2.24, 2.45) is 0 Å². The molecule has 0 heterocycles. The average molecular weight is 225 g/mol. The monoisotopic (exact) mass is 225 g/mol. The Labute approximate surface area is 90.9 Å². The summed E-state index contributed by atoms with van der Waals surface area (Å²) in [6, 6.07) is 3.87. The van der Waals surface area contributed by atoms with Crippen molar-refractivity contribution in [2.75, 3.05) is 18.9 Å². The Morgan fingerprint density at radius 1 is 1.44 bits per heavy atom. The van der Waals surface area contributed by atoms with Crippen molar-refractivity contribution >= 4 is 11.6 Å². The number of anilines is 1. The van der Waals surface area contributed by atoms with Gasteiger partial charge in [-0.15, -0.1) is 0 Å². The van der Waals surface area contributed by atoms with E-state index in [1.165, 1.54) is 19.2 Å². The predicted molar refractivity (Wildman–Crippen MR) is 53.6 cm³/mol. The first-order valence-corrected chi connectivity index (χ1v) is 4.42. The van der Waals surface area contributed by atoms with Crippen LogP contribution >= 0.6 is 0 Å². The molecular weight excluding hydrogens is 216 g/mol. The lowest BCUT2D eigenvalue weighted by molar-refractivity contribution is -0.118. The normalized spacial score (nSPS) is 9.38. The van der Waals surface area contributed by atoms with Crippen molar-refractivity contribution in [1.29, 1.82) is 5.26 Å². The first kappa shape index (κ1) is 11.9. The second kappa shape index (κ2) is 5.07. The Balaban J connectivity index is 2.88. The summed E-state index contributed by atoms with van der Waals surface area (Å²) in [4.78, 5) is 10.9. The third kappa shape index (κ3) is 2.45. The molecule has 0 atom stereocenters. The summed E-state index contributed by atoms with van der Waals surface area (Å²) in [5, 5.41) is 13.2. The summed E-state index contributed by atoms with van der Waals surface area (Å²) >= 11 is 0. The summed E-state index contributed by atoms with van der Waals surface area (Å²) in [5.74, 6) is -2.74. The van der Waals surface area contributed by atoms with Gasteiger partial charge < -0.3 is 10.6 Å². The summed E-state index contributed by atoms with van der Waals surface area (Å²) in [5.41, 5.74) is -0.525. The Kier molecular flexibility index (Phi) is 3.78. The van der Waals surface area contributed by atoms with Crippen LogP contribution in [0.25, 0.3) is 0 Å². The first-order chi connectivity index (χ1) is 7.60. The van der Waals surface area contributed by atoms with E-state index in [0.29, 0.717) is 0 Å². The number of likely N-dealkylation sites (N-methyl/N-ethyl adjacent to an activating group) is 1. The number of halogens is 2. The molecule has 1 amide bonds. The number of benzene rings is 1. The van der Waals surface area contributed by atoms with Gasteiger partial charge >= 0.3 is 0 Å². The molecule has 4 nitrogen and oxygen atoms in total. The number of amides is 1. The highest BCUT2D eigenvalue weighted by Crippen LogP contribution is 2.19. The van der Waals surface area contributed by atoms with Gasteiger partial charge in [-0.2, -0.15) is 5.26 Å². The molecule has 2 N–H and O–H groups in total. The van der Waals surface area contributed by atoms with Gasteiger partial charge in [0.1, 0.15) is 6.07 Å². The van der Waals surface area contributed by atoms with E-state index in [2.05, 4.69) is 10.6 Å². The van der Waals surface area contributed by atoms with Crippen LogP contribution in [-0.4, -0.2) is 19.5 Å². The molecular formula is C10H9F2N3O. The molecule has 0 saturated heterocycles. The van der Waals surface area contributed by atoms with E-state index in [0.717, 1.165) is 6.07 Å². The molecule has 0 aliphatic carbocycles. The summed E-state index contributed by atoms with van der Waals surface area (Å²) in [6.07, 6.45) is 0. The number of nitrogens with one attached hydrogen (secondary N) is 2. The van der Waals surface area contributed by atoms with Crippen LogP contribution in [0.2, 0.25) is 0 Å². The molecule has 0 unspecified atom stereocenters. The van der Waals surface area contributed by atoms with Gasteiger partial charge in [0, 0.05) is 7.05 Å². The van der Waals surface area contributed by atoms with Gasteiger partial charge in [0.05, 0.1) is 17.8 Å². The number of hydrogen-bond acceptors (Lipinski definition) is 3. The molecule has 0 aliphatic heterocycles. The molecule has 1 aromatic rings. The Hall–Kier alpha value is -2.16. The fraction of sp³-hybridized carbons (Fsp3) is 0.200. The number of rotatable bonds is 3. The minimum absolute atomic E-state index is 0.153. The third-order valence-corrected chi connectivity index (χ3v) is 1.92. The third-order valence-electron chi connectivity index (χ3n) is 1.92. The van der Waals surface area contributed by atoms with E-state index in [1.54, 1.807) is 0 Å². The molecule has 1 aromatic carbocycles. The molecule has 1 rings (SSSR count). The second-order valence-electron chi connectivity index (χ2n) is 2.93. The van der Waals surface area contributed by atoms with Crippen LogP contribution in [0, 0.1) is 23.0 Å². The molecule has 0 bridgehead atoms. The smallest absolute Gasteiger partial charge is 0.239 e. The van der Waals surface area contributed by atoms with Crippen LogP contribution < -0.4 is 10.6 Å². The molecule has 0 radical (unpaired) electrons. The zero-order chi connectivity index (χ0) is 12.1. The minimum atomic E-state index is -1.22. The van der Waals surface area contributed by atoms with Gasteiger partial charge in [-0.1, -0.05) is 0 Å². The summed E-state index contributed by atoms with van der Waals surface area (Å²) in [7, 11) is 1.43. The fourth-order valence-electron chi connectivity index (χ4n) is 1.04. The lowest BCUT2D eigenvalue weighted by Gasteiger charge is -2.07. The Morgan fingerprint density at radius 2 is 2.12 bits per heavy atom. The molecule has 0 aliphatic rings. The molecule has 0 saturated carbocycles. The van der Waals surface area contributed by atoms with Gasteiger partial charge in [0.15, 0.2) is 11.6 Å². The largest absolute Gasteiger partial charge is 0.374 e. The highest BCUT2D eigenvalue weighted by molar-refractivity contribution is 5.80. The van der Waals surface area contributed by atoms with Crippen molar-refractivity contribution in [3.8, 4) is 6.07 Å². The van der Waals surface area contributed by atoms with Crippen molar-refractivity contribution in [3.05, 3.63) is 29.3 Å². The lowest BCUT2D eigenvalue weighted by Crippen LogP contribution is -2.26.